The monoisotopic (exact) mass is 434 g/mol. The lowest BCUT2D eigenvalue weighted by Crippen LogP contribution is -2.00. The lowest BCUT2D eigenvalue weighted by Gasteiger charge is -2.14. The summed E-state index contributed by atoms with van der Waals surface area (Å²) >= 11 is 12.1. The molecule has 0 unspecified atom stereocenters. The van der Waals surface area contributed by atoms with E-state index in [4.69, 9.17) is 37.2 Å². The Morgan fingerprint density at radius 1 is 1.24 bits per heavy atom. The maximum Gasteiger partial charge on any atom is 0.338 e. The quantitative estimate of drug-likeness (QED) is 0.336. The third kappa shape index (κ3) is 4.70. The van der Waals surface area contributed by atoms with Gasteiger partial charge in [-0.05, 0) is 37.3 Å². The zero-order valence-electron chi connectivity index (χ0n) is 15.5. The van der Waals surface area contributed by atoms with Crippen LogP contribution in [0.1, 0.15) is 22.6 Å². The van der Waals surface area contributed by atoms with Gasteiger partial charge in [-0.15, -0.1) is 0 Å². The first-order valence-electron chi connectivity index (χ1n) is 8.43. The molecule has 0 atom stereocenters. The fourth-order valence-corrected chi connectivity index (χ4v) is 3.11. The molecule has 9 heteroatoms. The number of nitrogens with zero attached hydrogens (tertiary/aromatic N) is 2. The highest BCUT2D eigenvalue weighted by Crippen LogP contribution is 2.34. The van der Waals surface area contributed by atoms with Crippen molar-refractivity contribution in [2.75, 3.05) is 7.11 Å². The van der Waals surface area contributed by atoms with E-state index in [1.807, 2.05) is 0 Å². The molecule has 0 aliphatic rings. The van der Waals surface area contributed by atoms with Crippen LogP contribution in [0, 0.1) is 17.0 Å². The highest BCUT2D eigenvalue weighted by Gasteiger charge is 2.22. The summed E-state index contributed by atoms with van der Waals surface area (Å²) in [5.74, 6) is 0.999. The van der Waals surface area contributed by atoms with Gasteiger partial charge in [0.25, 0.3) is 0 Å². The Bertz CT molecular complexity index is 1080. The number of hydrogen-bond donors (Lipinski definition) is 0. The minimum atomic E-state index is -0.531. The minimum Gasteiger partial charge on any atom is -0.493 e. The van der Waals surface area contributed by atoms with Crippen LogP contribution in [0.4, 0.5) is 5.69 Å². The number of aromatic nitrogens is 1. The first kappa shape index (κ1) is 20.7. The van der Waals surface area contributed by atoms with Gasteiger partial charge in [0.15, 0.2) is 17.2 Å². The molecular formula is C20H16Cl2N2O5. The zero-order valence-corrected chi connectivity index (χ0v) is 17.0. The topological polar surface area (TPSA) is 87.6 Å². The predicted molar refractivity (Wildman–Crippen MR) is 111 cm³/mol. The van der Waals surface area contributed by atoms with Gasteiger partial charge in [-0.3, -0.25) is 10.1 Å². The van der Waals surface area contributed by atoms with Gasteiger partial charge in [0.2, 0.25) is 5.76 Å². The van der Waals surface area contributed by atoms with Gasteiger partial charge in [0.05, 0.1) is 12.0 Å². The summed E-state index contributed by atoms with van der Waals surface area (Å²) in [6.07, 6.45) is 3.10. The zero-order chi connectivity index (χ0) is 21.0. The van der Waals surface area contributed by atoms with Crippen molar-refractivity contribution in [1.29, 1.82) is 0 Å². The average molecular weight is 435 g/mol. The maximum absolute atomic E-state index is 11.2. The fraction of sp³-hybridized carbons (Fsp3) is 0.150. The van der Waals surface area contributed by atoms with Crippen LogP contribution >= 0.6 is 23.2 Å². The van der Waals surface area contributed by atoms with Gasteiger partial charge < -0.3 is 14.0 Å². The minimum absolute atomic E-state index is 0.0435. The van der Waals surface area contributed by atoms with Crippen molar-refractivity contribution in [2.45, 2.75) is 13.5 Å². The summed E-state index contributed by atoms with van der Waals surface area (Å²) in [6.45, 7) is 1.69. The molecule has 2 aromatic carbocycles. The summed E-state index contributed by atoms with van der Waals surface area (Å²) in [5, 5.41) is 15.9. The van der Waals surface area contributed by atoms with E-state index in [1.54, 1.807) is 42.5 Å². The van der Waals surface area contributed by atoms with Gasteiger partial charge in [-0.1, -0.05) is 46.6 Å². The third-order valence-corrected chi connectivity index (χ3v) is 4.66. The molecule has 7 nitrogen and oxygen atoms in total. The molecule has 0 aliphatic heterocycles. The number of benzene rings is 2. The van der Waals surface area contributed by atoms with Crippen LogP contribution in [0.2, 0.25) is 10.0 Å². The van der Waals surface area contributed by atoms with Gasteiger partial charge in [-0.25, -0.2) is 0 Å². The molecule has 3 aromatic rings. The lowest BCUT2D eigenvalue weighted by molar-refractivity contribution is -0.386. The molecule has 0 bridgehead atoms. The van der Waals surface area contributed by atoms with E-state index < -0.39 is 4.92 Å². The van der Waals surface area contributed by atoms with E-state index in [9.17, 15) is 10.1 Å². The van der Waals surface area contributed by atoms with Crippen LogP contribution in [-0.2, 0) is 6.61 Å². The van der Waals surface area contributed by atoms with Crippen molar-refractivity contribution in [1.82, 2.24) is 5.16 Å². The van der Waals surface area contributed by atoms with E-state index in [-0.39, 0.29) is 23.7 Å². The van der Waals surface area contributed by atoms with Crippen molar-refractivity contribution >= 4 is 41.0 Å². The third-order valence-electron chi connectivity index (χ3n) is 4.07. The first-order valence-corrected chi connectivity index (χ1v) is 9.18. The Balaban J connectivity index is 1.91. The molecule has 1 aromatic heterocycles. The van der Waals surface area contributed by atoms with Crippen molar-refractivity contribution in [3.63, 3.8) is 0 Å². The van der Waals surface area contributed by atoms with Crippen molar-refractivity contribution in [3.8, 4) is 11.5 Å². The fourth-order valence-electron chi connectivity index (χ4n) is 2.65. The van der Waals surface area contributed by atoms with Crippen LogP contribution < -0.4 is 9.47 Å². The molecule has 150 valence electrons. The van der Waals surface area contributed by atoms with Gasteiger partial charge >= 0.3 is 5.69 Å². The van der Waals surface area contributed by atoms with E-state index in [2.05, 4.69) is 5.16 Å². The Labute approximate surface area is 176 Å². The van der Waals surface area contributed by atoms with Crippen molar-refractivity contribution < 1.29 is 18.9 Å². The SMILES string of the molecule is COc1cccc(/C=C\c2onc(C)c2[N+](=O)[O-])c1OCc1ccc(Cl)cc1Cl. The largest absolute Gasteiger partial charge is 0.493 e. The first-order chi connectivity index (χ1) is 13.9. The molecule has 0 radical (unpaired) electrons. The van der Waals surface area contributed by atoms with Gasteiger partial charge in [0.1, 0.15) is 6.61 Å². The standard InChI is InChI=1S/C20H16Cl2N2O5/c1-12-19(24(25)26)17(29-23-12)9-7-13-4-3-5-18(27-2)20(13)28-11-14-6-8-15(21)10-16(14)22/h3-10H,11H2,1-2H3/b9-7-. The van der Waals surface area contributed by atoms with Crippen LogP contribution in [0.25, 0.3) is 12.2 Å². The maximum atomic E-state index is 11.2. The second-order valence-corrected chi connectivity index (χ2v) is 6.82. The number of methoxy groups -OCH3 is 1. The van der Waals surface area contributed by atoms with Crippen LogP contribution in [0.5, 0.6) is 11.5 Å². The Kier molecular flexibility index (Phi) is 6.41. The molecule has 0 aliphatic carbocycles. The van der Waals surface area contributed by atoms with E-state index in [0.29, 0.717) is 27.1 Å². The summed E-state index contributed by atoms with van der Waals surface area (Å²) in [5.41, 5.74) is 1.41. The number of rotatable bonds is 7. The van der Waals surface area contributed by atoms with E-state index in [0.717, 1.165) is 5.56 Å². The molecule has 0 amide bonds. The Morgan fingerprint density at radius 2 is 2.03 bits per heavy atom. The molecule has 1 heterocycles. The Hall–Kier alpha value is -3.03. The number of halogens is 2. The van der Waals surface area contributed by atoms with E-state index >= 15 is 0 Å². The summed E-state index contributed by atoms with van der Waals surface area (Å²) < 4.78 is 16.4. The predicted octanol–water partition coefficient (Wildman–Crippen LogP) is 5.96. The summed E-state index contributed by atoms with van der Waals surface area (Å²) in [4.78, 5) is 10.7. The highest BCUT2D eigenvalue weighted by molar-refractivity contribution is 6.35. The van der Waals surface area contributed by atoms with Gasteiger partial charge in [0, 0.05) is 21.2 Å². The second-order valence-electron chi connectivity index (χ2n) is 5.97. The van der Waals surface area contributed by atoms with Gasteiger partial charge in [-0.2, -0.15) is 0 Å². The number of hydrogen-bond acceptors (Lipinski definition) is 6. The van der Waals surface area contributed by atoms with Crippen LogP contribution in [-0.4, -0.2) is 17.2 Å². The summed E-state index contributed by atoms with van der Waals surface area (Å²) in [6, 6.07) is 10.4. The number of nitro groups is 1. The van der Waals surface area contributed by atoms with E-state index in [1.165, 1.54) is 20.1 Å². The number of ether oxygens (including phenoxy) is 2. The van der Waals surface area contributed by atoms with Crippen LogP contribution in [0.3, 0.4) is 0 Å². The smallest absolute Gasteiger partial charge is 0.338 e. The molecule has 0 fully saturated rings. The number of para-hydroxylation sites is 1. The average Bonchev–Trinajstić information content (AvgIpc) is 3.06. The lowest BCUT2D eigenvalue weighted by atomic mass is 10.1. The molecular weight excluding hydrogens is 419 g/mol. The Morgan fingerprint density at radius 3 is 2.72 bits per heavy atom. The van der Waals surface area contributed by atoms with Crippen LogP contribution in [0.15, 0.2) is 40.9 Å². The molecule has 29 heavy (non-hydrogen) atoms. The normalized spacial score (nSPS) is 11.0. The molecule has 0 saturated carbocycles. The molecule has 0 saturated heterocycles. The molecule has 3 rings (SSSR count). The number of aryl methyl sites for hydroxylation is 1. The highest BCUT2D eigenvalue weighted by atomic mass is 35.5. The van der Waals surface area contributed by atoms with Crippen molar-refractivity contribution in [2.24, 2.45) is 0 Å². The molecule has 0 N–H and O–H groups in total. The van der Waals surface area contributed by atoms with Crippen molar-refractivity contribution in [3.05, 3.63) is 79.1 Å². The molecule has 0 spiro atoms. The second kappa shape index (κ2) is 8.98. The summed E-state index contributed by atoms with van der Waals surface area (Å²) in [7, 11) is 1.52.